The monoisotopic (exact) mass is 296 g/mol. The number of aromatic nitrogens is 1. The third-order valence-electron chi connectivity index (χ3n) is 2.50. The van der Waals surface area contributed by atoms with Crippen LogP contribution in [0.4, 0.5) is 14.5 Å². The van der Waals surface area contributed by atoms with Crippen LogP contribution in [0.2, 0.25) is 0 Å². The largest absolute Gasteiger partial charge is 0.279 e. The van der Waals surface area contributed by atoms with Gasteiger partial charge in [0.1, 0.15) is 16.5 Å². The first kappa shape index (κ1) is 14.1. The van der Waals surface area contributed by atoms with Crippen LogP contribution in [0.5, 0.6) is 0 Å². The second kappa shape index (κ2) is 5.38. The molecule has 104 valence electrons. The third kappa shape index (κ3) is 2.83. The summed E-state index contributed by atoms with van der Waals surface area (Å²) in [7, 11) is -4.16. The standard InChI is InChI=1S/C13H10F2N2O2S/c1-2-9-8-16-6-5-12(9)17-20(18,19)13-4-3-10(14)7-11(13)15/h2-8H,1H2,(H,16,17). The Labute approximate surface area is 114 Å². The van der Waals surface area contributed by atoms with Crippen LogP contribution in [0, 0.1) is 11.6 Å². The van der Waals surface area contributed by atoms with Crippen molar-refractivity contribution in [2.45, 2.75) is 4.90 Å². The average Bonchev–Trinajstić information content (AvgIpc) is 2.38. The molecule has 0 spiro atoms. The van der Waals surface area contributed by atoms with Gasteiger partial charge in [0.25, 0.3) is 10.0 Å². The predicted octanol–water partition coefficient (Wildman–Crippen LogP) is 2.80. The zero-order valence-corrected chi connectivity index (χ0v) is 11.0. The molecule has 1 aromatic heterocycles. The van der Waals surface area contributed by atoms with Gasteiger partial charge in [-0.1, -0.05) is 12.7 Å². The minimum Gasteiger partial charge on any atom is -0.279 e. The molecule has 2 rings (SSSR count). The van der Waals surface area contributed by atoms with Gasteiger partial charge in [0.2, 0.25) is 0 Å². The maximum atomic E-state index is 13.5. The molecule has 0 bridgehead atoms. The molecule has 2 aromatic rings. The Bertz CT molecular complexity index is 761. The van der Waals surface area contributed by atoms with Crippen LogP contribution in [-0.2, 0) is 10.0 Å². The van der Waals surface area contributed by atoms with Crippen molar-refractivity contribution in [1.29, 1.82) is 0 Å². The Balaban J connectivity index is 2.43. The van der Waals surface area contributed by atoms with Crippen LogP contribution < -0.4 is 4.72 Å². The van der Waals surface area contributed by atoms with Gasteiger partial charge in [0.15, 0.2) is 0 Å². The molecule has 7 heteroatoms. The summed E-state index contributed by atoms with van der Waals surface area (Å²) in [5.74, 6) is -2.01. The molecule has 1 aromatic carbocycles. The number of nitrogens with one attached hydrogen (secondary N) is 1. The molecule has 0 amide bonds. The molecule has 0 aliphatic heterocycles. The van der Waals surface area contributed by atoms with Crippen molar-refractivity contribution in [1.82, 2.24) is 4.98 Å². The zero-order valence-electron chi connectivity index (χ0n) is 10.2. The first-order valence-corrected chi connectivity index (χ1v) is 6.96. The molecular weight excluding hydrogens is 286 g/mol. The number of rotatable bonds is 4. The molecule has 0 radical (unpaired) electrons. The number of anilines is 1. The van der Waals surface area contributed by atoms with Crippen molar-refractivity contribution in [3.8, 4) is 0 Å². The number of hydrogen-bond acceptors (Lipinski definition) is 3. The van der Waals surface area contributed by atoms with Gasteiger partial charge >= 0.3 is 0 Å². The van der Waals surface area contributed by atoms with E-state index in [2.05, 4.69) is 16.3 Å². The van der Waals surface area contributed by atoms with Crippen molar-refractivity contribution in [2.75, 3.05) is 4.72 Å². The normalized spacial score (nSPS) is 11.1. The van der Waals surface area contributed by atoms with Crippen molar-refractivity contribution in [3.63, 3.8) is 0 Å². The van der Waals surface area contributed by atoms with Gasteiger partial charge in [0, 0.05) is 24.0 Å². The zero-order chi connectivity index (χ0) is 14.8. The van der Waals surface area contributed by atoms with E-state index in [0.717, 1.165) is 12.1 Å². The van der Waals surface area contributed by atoms with Gasteiger partial charge in [-0.2, -0.15) is 0 Å². The molecule has 0 aliphatic rings. The number of benzene rings is 1. The topological polar surface area (TPSA) is 59.1 Å². The Kier molecular flexibility index (Phi) is 3.80. The van der Waals surface area contributed by atoms with E-state index in [4.69, 9.17) is 0 Å². The van der Waals surface area contributed by atoms with E-state index < -0.39 is 26.6 Å². The maximum Gasteiger partial charge on any atom is 0.264 e. The fraction of sp³-hybridized carbons (Fsp3) is 0. The summed E-state index contributed by atoms with van der Waals surface area (Å²) >= 11 is 0. The minimum absolute atomic E-state index is 0.207. The van der Waals surface area contributed by atoms with Gasteiger partial charge in [-0.15, -0.1) is 0 Å². The molecule has 0 saturated carbocycles. The molecule has 1 N–H and O–H groups in total. The van der Waals surface area contributed by atoms with Crippen LogP contribution in [0.25, 0.3) is 6.08 Å². The summed E-state index contributed by atoms with van der Waals surface area (Å²) < 4.78 is 52.7. The first-order chi connectivity index (χ1) is 9.44. The Morgan fingerprint density at radius 2 is 2.00 bits per heavy atom. The van der Waals surface area contributed by atoms with Crippen LogP contribution in [0.1, 0.15) is 5.56 Å². The Hall–Kier alpha value is -2.28. The molecule has 20 heavy (non-hydrogen) atoms. The van der Waals surface area contributed by atoms with Gasteiger partial charge in [-0.25, -0.2) is 17.2 Å². The molecule has 4 nitrogen and oxygen atoms in total. The molecule has 0 unspecified atom stereocenters. The smallest absolute Gasteiger partial charge is 0.264 e. The Morgan fingerprint density at radius 1 is 1.25 bits per heavy atom. The van der Waals surface area contributed by atoms with Crippen molar-refractivity contribution in [3.05, 3.63) is 60.4 Å². The highest BCUT2D eigenvalue weighted by molar-refractivity contribution is 7.92. The van der Waals surface area contributed by atoms with Crippen LogP contribution in [-0.4, -0.2) is 13.4 Å². The number of nitrogens with zero attached hydrogens (tertiary/aromatic N) is 1. The lowest BCUT2D eigenvalue weighted by molar-refractivity contribution is 0.551. The van der Waals surface area contributed by atoms with Crippen LogP contribution >= 0.6 is 0 Å². The fourth-order valence-electron chi connectivity index (χ4n) is 1.56. The highest BCUT2D eigenvalue weighted by Gasteiger charge is 2.20. The summed E-state index contributed by atoms with van der Waals surface area (Å²) in [5.41, 5.74) is 0.650. The number of hydrogen-bond donors (Lipinski definition) is 1. The molecule has 0 aliphatic carbocycles. The number of halogens is 2. The predicted molar refractivity (Wildman–Crippen MR) is 71.5 cm³/mol. The van der Waals surface area contributed by atoms with Gasteiger partial charge < -0.3 is 0 Å². The van der Waals surface area contributed by atoms with Crippen LogP contribution in [0.3, 0.4) is 0 Å². The molecule has 0 atom stereocenters. The minimum atomic E-state index is -4.16. The van der Waals surface area contributed by atoms with Crippen molar-refractivity contribution >= 4 is 21.8 Å². The van der Waals surface area contributed by atoms with Crippen LogP contribution in [0.15, 0.2) is 48.1 Å². The van der Waals surface area contributed by atoms with Crippen molar-refractivity contribution in [2.24, 2.45) is 0 Å². The van der Waals surface area contributed by atoms with Crippen molar-refractivity contribution < 1.29 is 17.2 Å². The second-order valence-electron chi connectivity index (χ2n) is 3.85. The highest BCUT2D eigenvalue weighted by atomic mass is 32.2. The summed E-state index contributed by atoms with van der Waals surface area (Å²) in [6.45, 7) is 3.53. The number of sulfonamides is 1. The summed E-state index contributed by atoms with van der Waals surface area (Å²) in [6, 6.07) is 3.66. The third-order valence-corrected chi connectivity index (χ3v) is 3.90. The average molecular weight is 296 g/mol. The first-order valence-electron chi connectivity index (χ1n) is 5.48. The van der Waals surface area contributed by atoms with E-state index >= 15 is 0 Å². The number of pyridine rings is 1. The van der Waals surface area contributed by atoms with E-state index in [-0.39, 0.29) is 5.69 Å². The quantitative estimate of drug-likeness (QED) is 0.943. The maximum absolute atomic E-state index is 13.5. The fourth-order valence-corrected chi connectivity index (χ4v) is 2.70. The molecule has 0 saturated heterocycles. The summed E-state index contributed by atoms with van der Waals surface area (Å²) in [4.78, 5) is 3.18. The lowest BCUT2D eigenvalue weighted by Crippen LogP contribution is -2.15. The molecular formula is C13H10F2N2O2S. The van der Waals surface area contributed by atoms with Gasteiger partial charge in [-0.05, 0) is 18.2 Å². The lowest BCUT2D eigenvalue weighted by Gasteiger charge is -2.10. The van der Waals surface area contributed by atoms with Gasteiger partial charge in [-0.3, -0.25) is 9.71 Å². The molecule has 0 fully saturated rings. The SMILES string of the molecule is C=Cc1cnccc1NS(=O)(=O)c1ccc(F)cc1F. The van der Waals surface area contributed by atoms with E-state index in [1.54, 1.807) is 0 Å². The van der Waals surface area contributed by atoms with E-state index in [0.29, 0.717) is 11.6 Å². The lowest BCUT2D eigenvalue weighted by atomic mass is 10.2. The highest BCUT2D eigenvalue weighted by Crippen LogP contribution is 2.22. The van der Waals surface area contributed by atoms with E-state index in [9.17, 15) is 17.2 Å². The van der Waals surface area contributed by atoms with Gasteiger partial charge in [0.05, 0.1) is 5.69 Å². The Morgan fingerprint density at radius 3 is 2.65 bits per heavy atom. The second-order valence-corrected chi connectivity index (χ2v) is 5.50. The summed E-state index contributed by atoms with van der Waals surface area (Å²) in [5, 5.41) is 0. The van der Waals surface area contributed by atoms with E-state index in [1.807, 2.05) is 0 Å². The summed E-state index contributed by atoms with van der Waals surface area (Å²) in [6.07, 6.45) is 4.20. The van der Waals surface area contributed by atoms with E-state index in [1.165, 1.54) is 24.5 Å². The molecule has 1 heterocycles.